The Morgan fingerprint density at radius 3 is 2.47 bits per heavy atom. The minimum Gasteiger partial charge on any atom is -0.478 e. The highest BCUT2D eigenvalue weighted by Crippen LogP contribution is 2.25. The maximum Gasteiger partial charge on any atom is 0.335 e. The molecule has 0 saturated heterocycles. The van der Waals surface area contributed by atoms with Gasteiger partial charge in [0.1, 0.15) is 5.75 Å². The van der Waals surface area contributed by atoms with E-state index in [4.69, 9.17) is 9.84 Å². The number of hydrogen-bond donors (Lipinski definition) is 1. The predicted octanol–water partition coefficient (Wildman–Crippen LogP) is 3.32. The van der Waals surface area contributed by atoms with Gasteiger partial charge in [-0.2, -0.15) is 0 Å². The first-order valence-corrected chi connectivity index (χ1v) is 4.92. The molecule has 0 bridgehead atoms. The van der Waals surface area contributed by atoms with E-state index in [9.17, 15) is 9.18 Å². The SMILES string of the molecule is O=C(O)c1ccc(F)c(Oc2ccccc2)c1. The Morgan fingerprint density at radius 2 is 1.82 bits per heavy atom. The van der Waals surface area contributed by atoms with Crippen LogP contribution in [0.25, 0.3) is 0 Å². The van der Waals surface area contributed by atoms with E-state index in [1.165, 1.54) is 6.07 Å². The van der Waals surface area contributed by atoms with E-state index in [0.717, 1.165) is 12.1 Å². The van der Waals surface area contributed by atoms with E-state index in [-0.39, 0.29) is 11.3 Å². The normalized spacial score (nSPS) is 9.94. The summed E-state index contributed by atoms with van der Waals surface area (Å²) in [5.74, 6) is -1.37. The molecule has 0 radical (unpaired) electrons. The highest BCUT2D eigenvalue weighted by atomic mass is 19.1. The molecule has 0 amide bonds. The molecule has 86 valence electrons. The van der Waals surface area contributed by atoms with Gasteiger partial charge in [-0.3, -0.25) is 0 Å². The van der Waals surface area contributed by atoms with Crippen LogP contribution >= 0.6 is 0 Å². The Morgan fingerprint density at radius 1 is 1.12 bits per heavy atom. The van der Waals surface area contributed by atoms with Crippen molar-refractivity contribution in [3.05, 3.63) is 59.9 Å². The Balaban J connectivity index is 2.32. The molecule has 0 atom stereocenters. The van der Waals surface area contributed by atoms with Gasteiger partial charge in [0.2, 0.25) is 0 Å². The molecule has 4 heteroatoms. The van der Waals surface area contributed by atoms with Gasteiger partial charge in [0, 0.05) is 0 Å². The zero-order valence-corrected chi connectivity index (χ0v) is 8.76. The standard InChI is InChI=1S/C13H9FO3/c14-11-7-6-9(13(15)16)8-12(11)17-10-4-2-1-3-5-10/h1-8H,(H,15,16). The average molecular weight is 232 g/mol. The van der Waals surface area contributed by atoms with Crippen LogP contribution in [0.2, 0.25) is 0 Å². The molecule has 2 aromatic carbocycles. The number of benzene rings is 2. The monoisotopic (exact) mass is 232 g/mol. The third kappa shape index (κ3) is 2.60. The minimum atomic E-state index is -1.12. The smallest absolute Gasteiger partial charge is 0.335 e. The largest absolute Gasteiger partial charge is 0.478 e. The Kier molecular flexibility index (Phi) is 3.05. The molecule has 0 heterocycles. The second-order valence-electron chi connectivity index (χ2n) is 3.37. The van der Waals surface area contributed by atoms with E-state index in [1.54, 1.807) is 30.3 Å². The summed E-state index contributed by atoms with van der Waals surface area (Å²) in [5.41, 5.74) is -0.0164. The van der Waals surface area contributed by atoms with E-state index in [2.05, 4.69) is 0 Å². The van der Waals surface area contributed by atoms with E-state index in [0.29, 0.717) is 5.75 Å². The Bertz CT molecular complexity index is 538. The first-order valence-electron chi connectivity index (χ1n) is 4.92. The fraction of sp³-hybridized carbons (Fsp3) is 0. The molecule has 0 aromatic heterocycles. The third-order valence-electron chi connectivity index (χ3n) is 2.15. The van der Waals surface area contributed by atoms with Gasteiger partial charge >= 0.3 is 5.97 Å². The van der Waals surface area contributed by atoms with Crippen molar-refractivity contribution >= 4 is 5.97 Å². The molecule has 0 spiro atoms. The zero-order valence-electron chi connectivity index (χ0n) is 8.76. The van der Waals surface area contributed by atoms with Crippen molar-refractivity contribution in [1.29, 1.82) is 0 Å². The van der Waals surface area contributed by atoms with Crippen LogP contribution in [0.1, 0.15) is 10.4 Å². The molecular weight excluding hydrogens is 223 g/mol. The molecule has 0 unspecified atom stereocenters. The molecule has 0 aliphatic carbocycles. The second kappa shape index (κ2) is 4.65. The lowest BCUT2D eigenvalue weighted by atomic mass is 10.2. The number of para-hydroxylation sites is 1. The van der Waals surface area contributed by atoms with Gasteiger partial charge in [0.15, 0.2) is 11.6 Å². The Hall–Kier alpha value is -2.36. The molecule has 2 rings (SSSR count). The summed E-state index contributed by atoms with van der Waals surface area (Å²) in [6, 6.07) is 12.0. The van der Waals surface area contributed by atoms with Crippen LogP contribution in [0.3, 0.4) is 0 Å². The van der Waals surface area contributed by atoms with Crippen molar-refractivity contribution in [2.45, 2.75) is 0 Å². The van der Waals surface area contributed by atoms with Crippen LogP contribution in [-0.2, 0) is 0 Å². The molecular formula is C13H9FO3. The van der Waals surface area contributed by atoms with Crippen LogP contribution in [0.15, 0.2) is 48.5 Å². The third-order valence-corrected chi connectivity index (χ3v) is 2.15. The van der Waals surface area contributed by atoms with E-state index < -0.39 is 11.8 Å². The topological polar surface area (TPSA) is 46.5 Å². The number of carboxylic acids is 1. The number of ether oxygens (including phenoxy) is 1. The van der Waals surface area contributed by atoms with Crippen molar-refractivity contribution < 1.29 is 19.0 Å². The van der Waals surface area contributed by atoms with E-state index >= 15 is 0 Å². The molecule has 1 N–H and O–H groups in total. The lowest BCUT2D eigenvalue weighted by molar-refractivity contribution is 0.0696. The van der Waals surface area contributed by atoms with Crippen LogP contribution in [-0.4, -0.2) is 11.1 Å². The number of halogens is 1. The average Bonchev–Trinajstić information content (AvgIpc) is 2.33. The van der Waals surface area contributed by atoms with Crippen LogP contribution in [0.5, 0.6) is 11.5 Å². The fourth-order valence-corrected chi connectivity index (χ4v) is 1.33. The molecule has 0 fully saturated rings. The minimum absolute atomic E-state index is 0.0164. The maximum absolute atomic E-state index is 13.4. The molecule has 17 heavy (non-hydrogen) atoms. The summed E-state index contributed by atoms with van der Waals surface area (Å²) in [5, 5.41) is 8.79. The first kappa shape index (κ1) is 11.1. The quantitative estimate of drug-likeness (QED) is 0.882. The van der Waals surface area contributed by atoms with Crippen molar-refractivity contribution in [3.8, 4) is 11.5 Å². The van der Waals surface area contributed by atoms with Crippen molar-refractivity contribution in [1.82, 2.24) is 0 Å². The lowest BCUT2D eigenvalue weighted by Gasteiger charge is -2.07. The zero-order chi connectivity index (χ0) is 12.3. The predicted molar refractivity (Wildman–Crippen MR) is 59.9 cm³/mol. The highest BCUT2D eigenvalue weighted by Gasteiger charge is 2.09. The van der Waals surface area contributed by atoms with Gasteiger partial charge < -0.3 is 9.84 Å². The number of rotatable bonds is 3. The molecule has 2 aromatic rings. The number of carboxylic acid groups (broad SMARTS) is 1. The number of aromatic carboxylic acids is 1. The second-order valence-corrected chi connectivity index (χ2v) is 3.37. The van der Waals surface area contributed by atoms with E-state index in [1.807, 2.05) is 0 Å². The maximum atomic E-state index is 13.4. The molecule has 0 aliphatic rings. The summed E-state index contributed by atoms with van der Waals surface area (Å²) in [4.78, 5) is 10.7. The molecule has 0 saturated carbocycles. The summed E-state index contributed by atoms with van der Waals surface area (Å²) in [6.07, 6.45) is 0. The van der Waals surface area contributed by atoms with Gasteiger partial charge in [-0.15, -0.1) is 0 Å². The molecule has 0 aliphatic heterocycles. The van der Waals surface area contributed by atoms with Gasteiger partial charge in [0.05, 0.1) is 5.56 Å². The summed E-state index contributed by atoms with van der Waals surface area (Å²) < 4.78 is 18.7. The van der Waals surface area contributed by atoms with Gasteiger partial charge in [0.25, 0.3) is 0 Å². The summed E-state index contributed by atoms with van der Waals surface area (Å²) >= 11 is 0. The van der Waals surface area contributed by atoms with Gasteiger partial charge in [-0.25, -0.2) is 9.18 Å². The van der Waals surface area contributed by atoms with Crippen LogP contribution < -0.4 is 4.74 Å². The van der Waals surface area contributed by atoms with Gasteiger partial charge in [-0.1, -0.05) is 18.2 Å². The number of hydrogen-bond acceptors (Lipinski definition) is 2. The first-order chi connectivity index (χ1) is 8.16. The van der Waals surface area contributed by atoms with Crippen molar-refractivity contribution in [2.75, 3.05) is 0 Å². The van der Waals surface area contributed by atoms with Crippen LogP contribution in [0.4, 0.5) is 4.39 Å². The lowest BCUT2D eigenvalue weighted by Crippen LogP contribution is -1.98. The van der Waals surface area contributed by atoms with Crippen LogP contribution in [0, 0.1) is 5.82 Å². The highest BCUT2D eigenvalue weighted by molar-refractivity contribution is 5.88. The van der Waals surface area contributed by atoms with Crippen molar-refractivity contribution in [2.24, 2.45) is 0 Å². The fourth-order valence-electron chi connectivity index (χ4n) is 1.33. The van der Waals surface area contributed by atoms with Gasteiger partial charge in [-0.05, 0) is 30.3 Å². The summed E-state index contributed by atoms with van der Waals surface area (Å²) in [6.45, 7) is 0. The van der Waals surface area contributed by atoms with Crippen molar-refractivity contribution in [3.63, 3.8) is 0 Å². The summed E-state index contributed by atoms with van der Waals surface area (Å²) in [7, 11) is 0. The Labute approximate surface area is 97.1 Å². The number of carbonyl (C=O) groups is 1. The molecule has 3 nitrogen and oxygen atoms in total.